The fourth-order valence-corrected chi connectivity index (χ4v) is 3.45. The van der Waals surface area contributed by atoms with Crippen LogP contribution in [0.15, 0.2) is 53.6 Å². The molecule has 0 saturated carbocycles. The van der Waals surface area contributed by atoms with Crippen LogP contribution in [0.1, 0.15) is 18.1 Å². The van der Waals surface area contributed by atoms with Crippen molar-refractivity contribution < 1.29 is 9.53 Å². The van der Waals surface area contributed by atoms with Crippen LogP contribution in [0.2, 0.25) is 5.02 Å². The van der Waals surface area contributed by atoms with E-state index in [4.69, 9.17) is 16.3 Å². The smallest absolute Gasteiger partial charge is 0.254 e. The van der Waals surface area contributed by atoms with E-state index >= 15 is 0 Å². The Balaban J connectivity index is 1.41. The summed E-state index contributed by atoms with van der Waals surface area (Å²) in [5.74, 6) is 0.636. The van der Waals surface area contributed by atoms with Gasteiger partial charge in [0.1, 0.15) is 5.75 Å². The zero-order valence-electron chi connectivity index (χ0n) is 16.7. The lowest BCUT2D eigenvalue weighted by Gasteiger charge is -2.34. The van der Waals surface area contributed by atoms with Crippen LogP contribution >= 0.6 is 11.6 Å². The topological polar surface area (TPSA) is 57.2 Å². The highest BCUT2D eigenvalue weighted by Gasteiger charge is 2.19. The highest BCUT2D eigenvalue weighted by atomic mass is 35.5. The first-order valence-electron chi connectivity index (χ1n) is 9.87. The highest BCUT2D eigenvalue weighted by Crippen LogP contribution is 2.18. The van der Waals surface area contributed by atoms with E-state index in [1.54, 1.807) is 6.21 Å². The monoisotopic (exact) mass is 414 g/mol. The van der Waals surface area contributed by atoms with Gasteiger partial charge in [-0.25, -0.2) is 5.43 Å². The first-order valence-corrected chi connectivity index (χ1v) is 10.3. The van der Waals surface area contributed by atoms with Gasteiger partial charge < -0.3 is 4.74 Å². The average Bonchev–Trinajstić information content (AvgIpc) is 2.73. The van der Waals surface area contributed by atoms with Gasteiger partial charge in [-0.1, -0.05) is 41.9 Å². The summed E-state index contributed by atoms with van der Waals surface area (Å²) in [5.41, 5.74) is 4.59. The number of halogens is 1. The number of piperazine rings is 1. The fourth-order valence-electron chi connectivity index (χ4n) is 3.26. The summed E-state index contributed by atoms with van der Waals surface area (Å²) in [6, 6.07) is 15.5. The molecule has 1 saturated heterocycles. The molecule has 3 rings (SSSR count). The van der Waals surface area contributed by atoms with Crippen molar-refractivity contribution in [2.45, 2.75) is 13.5 Å². The van der Waals surface area contributed by atoms with Crippen LogP contribution in [-0.2, 0) is 11.3 Å². The normalized spacial score (nSPS) is 15.5. The maximum absolute atomic E-state index is 12.2. The van der Waals surface area contributed by atoms with Gasteiger partial charge >= 0.3 is 0 Å². The predicted octanol–water partition coefficient (Wildman–Crippen LogP) is 3.01. The van der Waals surface area contributed by atoms with Gasteiger partial charge in [0.25, 0.3) is 5.91 Å². The van der Waals surface area contributed by atoms with Gasteiger partial charge in [0, 0.05) is 43.3 Å². The lowest BCUT2D eigenvalue weighted by molar-refractivity contribution is -0.122. The number of nitrogens with zero attached hydrogens (tertiary/aromatic N) is 3. The molecule has 1 aliphatic heterocycles. The van der Waals surface area contributed by atoms with E-state index in [1.165, 1.54) is 0 Å². The number of nitrogens with one attached hydrogen (secondary N) is 1. The van der Waals surface area contributed by atoms with Crippen LogP contribution in [0.4, 0.5) is 0 Å². The molecule has 154 valence electrons. The van der Waals surface area contributed by atoms with E-state index < -0.39 is 0 Å². The second-order valence-electron chi connectivity index (χ2n) is 6.91. The van der Waals surface area contributed by atoms with Crippen LogP contribution in [0.3, 0.4) is 0 Å². The largest absolute Gasteiger partial charge is 0.493 e. The van der Waals surface area contributed by atoms with Gasteiger partial charge in [0.05, 0.1) is 19.4 Å². The molecule has 7 heteroatoms. The van der Waals surface area contributed by atoms with Gasteiger partial charge in [-0.2, -0.15) is 5.10 Å². The molecule has 0 unspecified atom stereocenters. The molecule has 0 aromatic heterocycles. The molecule has 29 heavy (non-hydrogen) atoms. The van der Waals surface area contributed by atoms with Gasteiger partial charge in [0.15, 0.2) is 0 Å². The van der Waals surface area contributed by atoms with Crippen molar-refractivity contribution in [1.82, 2.24) is 15.2 Å². The van der Waals surface area contributed by atoms with Crippen molar-refractivity contribution in [3.63, 3.8) is 0 Å². The number of rotatable bonds is 8. The predicted molar refractivity (Wildman–Crippen MR) is 117 cm³/mol. The molecule has 2 aromatic rings. The molecule has 0 radical (unpaired) electrons. The number of amides is 1. The average molecular weight is 415 g/mol. The van der Waals surface area contributed by atoms with Crippen LogP contribution in [0.25, 0.3) is 0 Å². The molecule has 1 aliphatic rings. The Morgan fingerprint density at radius 3 is 2.55 bits per heavy atom. The molecule has 6 nitrogen and oxygen atoms in total. The summed E-state index contributed by atoms with van der Waals surface area (Å²) in [7, 11) is 0. The van der Waals surface area contributed by atoms with Crippen LogP contribution in [0, 0.1) is 0 Å². The minimum absolute atomic E-state index is 0.116. The lowest BCUT2D eigenvalue weighted by Crippen LogP contribution is -2.48. The first-order chi connectivity index (χ1) is 14.2. The third kappa shape index (κ3) is 6.56. The Morgan fingerprint density at radius 2 is 1.79 bits per heavy atom. The van der Waals surface area contributed by atoms with E-state index in [0.29, 0.717) is 13.2 Å². The van der Waals surface area contributed by atoms with Crippen molar-refractivity contribution >= 4 is 23.7 Å². The fraction of sp³-hybridized carbons (Fsp3) is 0.364. The third-order valence-electron chi connectivity index (χ3n) is 4.80. The molecule has 1 heterocycles. The third-order valence-corrected chi connectivity index (χ3v) is 5.16. The molecule has 1 fully saturated rings. The van der Waals surface area contributed by atoms with Crippen LogP contribution in [-0.4, -0.2) is 61.3 Å². The van der Waals surface area contributed by atoms with Crippen molar-refractivity contribution in [1.29, 1.82) is 0 Å². The van der Waals surface area contributed by atoms with Crippen molar-refractivity contribution in [3.05, 3.63) is 64.7 Å². The molecule has 2 aromatic carbocycles. The summed E-state index contributed by atoms with van der Waals surface area (Å²) < 4.78 is 5.55. The number of hydrogen-bond donors (Lipinski definition) is 1. The molecule has 0 bridgehead atoms. The van der Waals surface area contributed by atoms with E-state index in [9.17, 15) is 4.79 Å². The van der Waals surface area contributed by atoms with Crippen LogP contribution in [0.5, 0.6) is 5.75 Å². The van der Waals surface area contributed by atoms with Crippen LogP contribution < -0.4 is 10.2 Å². The minimum Gasteiger partial charge on any atom is -0.493 e. The van der Waals surface area contributed by atoms with Gasteiger partial charge in [-0.15, -0.1) is 0 Å². The summed E-state index contributed by atoms with van der Waals surface area (Å²) in [6.07, 6.45) is 1.62. The maximum atomic E-state index is 12.2. The number of benzene rings is 2. The number of hydrogen-bond acceptors (Lipinski definition) is 5. The summed E-state index contributed by atoms with van der Waals surface area (Å²) >= 11 is 6.25. The molecule has 0 atom stereocenters. The molecule has 1 N–H and O–H groups in total. The Kier molecular flexibility index (Phi) is 8.04. The van der Waals surface area contributed by atoms with Gasteiger partial charge in [-0.3, -0.25) is 14.6 Å². The zero-order valence-corrected chi connectivity index (χ0v) is 17.4. The lowest BCUT2D eigenvalue weighted by atomic mass is 10.2. The van der Waals surface area contributed by atoms with Crippen molar-refractivity contribution in [2.75, 3.05) is 39.3 Å². The molecular formula is C22H27ClN4O2. The second-order valence-corrected chi connectivity index (χ2v) is 7.31. The zero-order chi connectivity index (χ0) is 20.5. The van der Waals surface area contributed by atoms with E-state index in [2.05, 4.69) is 26.4 Å². The first kappa shape index (κ1) is 21.3. The number of carbonyl (C=O) groups excluding carboxylic acids is 1. The summed E-state index contributed by atoms with van der Waals surface area (Å²) in [6.45, 7) is 7.19. The van der Waals surface area contributed by atoms with E-state index in [0.717, 1.165) is 54.6 Å². The number of para-hydroxylation sites is 1. The van der Waals surface area contributed by atoms with Crippen molar-refractivity contribution in [2.24, 2.45) is 5.10 Å². The Morgan fingerprint density at radius 1 is 1.10 bits per heavy atom. The standard InChI is InChI=1S/C22H27ClN4O2/c1-2-29-21-10-6-4-7-18(21)15-24-25-22(28)17-27-13-11-26(12-14-27)16-19-8-3-5-9-20(19)23/h3-10,15H,2,11-14,16-17H2,1H3,(H,25,28)/b24-15+. The highest BCUT2D eigenvalue weighted by molar-refractivity contribution is 6.31. The Bertz CT molecular complexity index is 835. The number of ether oxygens (including phenoxy) is 1. The molecule has 0 aliphatic carbocycles. The summed E-state index contributed by atoms with van der Waals surface area (Å²) in [4.78, 5) is 16.7. The minimum atomic E-state index is -0.116. The quantitative estimate of drug-likeness (QED) is 0.533. The Labute approximate surface area is 177 Å². The summed E-state index contributed by atoms with van der Waals surface area (Å²) in [5, 5.41) is 4.88. The van der Waals surface area contributed by atoms with Crippen molar-refractivity contribution in [3.8, 4) is 5.75 Å². The van der Waals surface area contributed by atoms with E-state index in [-0.39, 0.29) is 5.91 Å². The maximum Gasteiger partial charge on any atom is 0.254 e. The van der Waals surface area contributed by atoms with E-state index in [1.807, 2.05) is 49.4 Å². The SMILES string of the molecule is CCOc1ccccc1/C=N/NC(=O)CN1CCN(Cc2ccccc2Cl)CC1. The molecule has 1 amide bonds. The van der Waals surface area contributed by atoms with Gasteiger partial charge in [-0.05, 0) is 30.7 Å². The molecule has 0 spiro atoms. The second kappa shape index (κ2) is 11.0. The molecular weight excluding hydrogens is 388 g/mol. The van der Waals surface area contributed by atoms with Gasteiger partial charge in [0.2, 0.25) is 0 Å². The number of carbonyl (C=O) groups is 1. The number of hydrazone groups is 1. The Hall–Kier alpha value is -2.41.